The molecule has 4 heteroatoms. The molecule has 0 aliphatic carbocycles. The lowest BCUT2D eigenvalue weighted by molar-refractivity contribution is 0.227. The standard InChI is InChI=1S/C15H22F2N2/c1-12(13-9-14(16)11-15(17)10-13)18-5-8-19-6-3-2-4-7-19/h9-12,18H,2-8H2,1H3. The number of piperidine rings is 1. The van der Waals surface area contributed by atoms with Gasteiger partial charge in [-0.3, -0.25) is 0 Å². The quantitative estimate of drug-likeness (QED) is 0.882. The Morgan fingerprint density at radius 2 is 1.74 bits per heavy atom. The first kappa shape index (κ1) is 14.4. The SMILES string of the molecule is CC(NCCN1CCCCC1)c1cc(F)cc(F)c1. The summed E-state index contributed by atoms with van der Waals surface area (Å²) in [5.74, 6) is -1.03. The van der Waals surface area contributed by atoms with Crippen molar-refractivity contribution in [1.29, 1.82) is 0 Å². The third-order valence-electron chi connectivity index (χ3n) is 3.71. The molecule has 2 rings (SSSR count). The summed E-state index contributed by atoms with van der Waals surface area (Å²) >= 11 is 0. The van der Waals surface area contributed by atoms with Crippen molar-refractivity contribution < 1.29 is 8.78 Å². The van der Waals surface area contributed by atoms with E-state index >= 15 is 0 Å². The minimum Gasteiger partial charge on any atom is -0.309 e. The fourth-order valence-corrected chi connectivity index (χ4v) is 2.57. The number of likely N-dealkylation sites (tertiary alicyclic amines) is 1. The molecular weight excluding hydrogens is 246 g/mol. The largest absolute Gasteiger partial charge is 0.309 e. The van der Waals surface area contributed by atoms with E-state index in [2.05, 4.69) is 10.2 Å². The molecule has 1 unspecified atom stereocenters. The van der Waals surface area contributed by atoms with Crippen molar-refractivity contribution in [1.82, 2.24) is 10.2 Å². The first-order chi connectivity index (χ1) is 9.15. The molecule has 0 aromatic heterocycles. The first-order valence-corrected chi connectivity index (χ1v) is 7.07. The van der Waals surface area contributed by atoms with Gasteiger partial charge in [-0.15, -0.1) is 0 Å². The molecule has 0 amide bonds. The van der Waals surface area contributed by atoms with E-state index in [9.17, 15) is 8.78 Å². The van der Waals surface area contributed by atoms with Crippen LogP contribution in [0.5, 0.6) is 0 Å². The number of hydrogen-bond acceptors (Lipinski definition) is 2. The Kier molecular flexibility index (Phi) is 5.28. The van der Waals surface area contributed by atoms with Crippen LogP contribution in [-0.2, 0) is 0 Å². The van der Waals surface area contributed by atoms with Gasteiger partial charge >= 0.3 is 0 Å². The summed E-state index contributed by atoms with van der Waals surface area (Å²) in [4.78, 5) is 2.44. The normalized spacial score (nSPS) is 18.5. The average molecular weight is 268 g/mol. The van der Waals surface area contributed by atoms with E-state index in [-0.39, 0.29) is 6.04 Å². The van der Waals surface area contributed by atoms with Gasteiger partial charge < -0.3 is 10.2 Å². The molecule has 1 heterocycles. The van der Waals surface area contributed by atoms with Gasteiger partial charge in [0, 0.05) is 25.2 Å². The zero-order valence-corrected chi connectivity index (χ0v) is 11.5. The molecule has 1 atom stereocenters. The van der Waals surface area contributed by atoms with Gasteiger partial charge in [0.05, 0.1) is 0 Å². The minimum absolute atomic E-state index is 0.0324. The second-order valence-electron chi connectivity index (χ2n) is 5.28. The van der Waals surface area contributed by atoms with Crippen LogP contribution in [0.3, 0.4) is 0 Å². The fraction of sp³-hybridized carbons (Fsp3) is 0.600. The lowest BCUT2D eigenvalue weighted by Crippen LogP contribution is -2.36. The number of nitrogens with zero attached hydrogens (tertiary/aromatic N) is 1. The summed E-state index contributed by atoms with van der Waals surface area (Å²) in [6.45, 7) is 6.13. The summed E-state index contributed by atoms with van der Waals surface area (Å²) < 4.78 is 26.3. The number of benzene rings is 1. The van der Waals surface area contributed by atoms with Gasteiger partial charge in [-0.1, -0.05) is 6.42 Å². The molecule has 0 radical (unpaired) electrons. The Balaban J connectivity index is 1.78. The molecule has 19 heavy (non-hydrogen) atoms. The van der Waals surface area contributed by atoms with Crippen molar-refractivity contribution in [2.75, 3.05) is 26.2 Å². The predicted molar refractivity (Wildman–Crippen MR) is 73.1 cm³/mol. The highest BCUT2D eigenvalue weighted by atomic mass is 19.1. The minimum atomic E-state index is -0.514. The van der Waals surface area contributed by atoms with E-state index < -0.39 is 11.6 Å². The van der Waals surface area contributed by atoms with Crippen LogP contribution in [0, 0.1) is 11.6 Å². The Labute approximate surface area is 113 Å². The maximum Gasteiger partial charge on any atom is 0.126 e. The lowest BCUT2D eigenvalue weighted by Gasteiger charge is -2.27. The maximum absolute atomic E-state index is 13.1. The highest BCUT2D eigenvalue weighted by molar-refractivity contribution is 5.20. The molecule has 1 saturated heterocycles. The molecule has 2 nitrogen and oxygen atoms in total. The van der Waals surface area contributed by atoms with Crippen molar-refractivity contribution in [2.45, 2.75) is 32.2 Å². The van der Waals surface area contributed by atoms with Gasteiger partial charge in [0.1, 0.15) is 11.6 Å². The van der Waals surface area contributed by atoms with Crippen LogP contribution in [0.2, 0.25) is 0 Å². The van der Waals surface area contributed by atoms with Crippen molar-refractivity contribution in [3.63, 3.8) is 0 Å². The van der Waals surface area contributed by atoms with Gasteiger partial charge in [-0.2, -0.15) is 0 Å². The van der Waals surface area contributed by atoms with Crippen LogP contribution in [0.15, 0.2) is 18.2 Å². The molecule has 1 aromatic rings. The number of halogens is 2. The summed E-state index contributed by atoms with van der Waals surface area (Å²) in [5, 5.41) is 3.33. The molecule has 1 N–H and O–H groups in total. The van der Waals surface area contributed by atoms with Gasteiger partial charge in [-0.05, 0) is 50.6 Å². The zero-order chi connectivity index (χ0) is 13.7. The molecule has 1 fully saturated rings. The van der Waals surface area contributed by atoms with Crippen LogP contribution >= 0.6 is 0 Å². The van der Waals surface area contributed by atoms with Crippen molar-refractivity contribution in [2.24, 2.45) is 0 Å². The molecule has 0 saturated carbocycles. The molecule has 106 valence electrons. The van der Waals surface area contributed by atoms with Gasteiger partial charge in [0.2, 0.25) is 0 Å². The fourth-order valence-electron chi connectivity index (χ4n) is 2.57. The average Bonchev–Trinajstić information content (AvgIpc) is 2.38. The van der Waals surface area contributed by atoms with Crippen LogP contribution in [0.1, 0.15) is 37.8 Å². The lowest BCUT2D eigenvalue weighted by atomic mass is 10.1. The summed E-state index contributed by atoms with van der Waals surface area (Å²) in [5.41, 5.74) is 0.663. The Morgan fingerprint density at radius 1 is 1.11 bits per heavy atom. The number of rotatable bonds is 5. The van der Waals surface area contributed by atoms with Gasteiger partial charge in [0.15, 0.2) is 0 Å². The molecular formula is C15H22F2N2. The Hall–Kier alpha value is -1.00. The maximum atomic E-state index is 13.1. The highest BCUT2D eigenvalue weighted by Crippen LogP contribution is 2.15. The highest BCUT2D eigenvalue weighted by Gasteiger charge is 2.11. The van der Waals surface area contributed by atoms with Crippen molar-refractivity contribution in [3.8, 4) is 0 Å². The Bertz CT molecular complexity index is 383. The van der Waals surface area contributed by atoms with E-state index in [0.717, 1.165) is 19.2 Å². The van der Waals surface area contributed by atoms with Crippen molar-refractivity contribution in [3.05, 3.63) is 35.4 Å². The predicted octanol–water partition coefficient (Wildman–Crippen LogP) is 3.10. The topological polar surface area (TPSA) is 15.3 Å². The third kappa shape index (κ3) is 4.55. The first-order valence-electron chi connectivity index (χ1n) is 7.07. The van der Waals surface area contributed by atoms with E-state index in [1.807, 2.05) is 6.92 Å². The van der Waals surface area contributed by atoms with E-state index in [1.54, 1.807) is 0 Å². The number of hydrogen-bond donors (Lipinski definition) is 1. The Morgan fingerprint density at radius 3 is 2.37 bits per heavy atom. The summed E-state index contributed by atoms with van der Waals surface area (Å²) in [6.07, 6.45) is 3.90. The molecule has 1 aliphatic heterocycles. The van der Waals surface area contributed by atoms with E-state index in [4.69, 9.17) is 0 Å². The van der Waals surface area contributed by atoms with E-state index in [1.165, 1.54) is 44.5 Å². The number of nitrogens with one attached hydrogen (secondary N) is 1. The zero-order valence-electron chi connectivity index (χ0n) is 11.5. The molecule has 0 bridgehead atoms. The second-order valence-corrected chi connectivity index (χ2v) is 5.28. The second kappa shape index (κ2) is 6.96. The smallest absolute Gasteiger partial charge is 0.126 e. The van der Waals surface area contributed by atoms with E-state index in [0.29, 0.717) is 5.56 Å². The summed E-state index contributed by atoms with van der Waals surface area (Å²) in [6, 6.07) is 3.66. The van der Waals surface area contributed by atoms with Gasteiger partial charge in [0.25, 0.3) is 0 Å². The van der Waals surface area contributed by atoms with Gasteiger partial charge in [-0.25, -0.2) is 8.78 Å². The molecule has 0 spiro atoms. The molecule has 1 aromatic carbocycles. The van der Waals surface area contributed by atoms with Crippen LogP contribution in [0.25, 0.3) is 0 Å². The van der Waals surface area contributed by atoms with Crippen LogP contribution in [-0.4, -0.2) is 31.1 Å². The van der Waals surface area contributed by atoms with Crippen molar-refractivity contribution >= 4 is 0 Å². The van der Waals surface area contributed by atoms with Crippen LogP contribution < -0.4 is 5.32 Å². The monoisotopic (exact) mass is 268 g/mol. The summed E-state index contributed by atoms with van der Waals surface area (Å²) in [7, 11) is 0. The molecule has 1 aliphatic rings. The third-order valence-corrected chi connectivity index (χ3v) is 3.71. The van der Waals surface area contributed by atoms with Crippen LogP contribution in [0.4, 0.5) is 8.78 Å².